The molecule has 0 aliphatic rings. The number of aromatic amines is 1. The molecule has 27 heavy (non-hydrogen) atoms. The number of fused-ring (bicyclic) bond motifs is 1. The molecule has 3 nitrogen and oxygen atoms in total. The fourth-order valence-corrected chi connectivity index (χ4v) is 3.71. The first kappa shape index (κ1) is 21.9. The van der Waals surface area contributed by atoms with Crippen molar-refractivity contribution in [3.05, 3.63) is 30.1 Å². The standard InChI is InChI=1S/C24H41N3/c1-2-3-4-5-6-7-8-9-10-15-20-25-21-16-11-12-19-24-26-22-17-13-14-18-23(22)27-24/h13-14,17-18,25H,2-12,15-16,19-21H2,1H3,(H,26,27). The predicted molar refractivity (Wildman–Crippen MR) is 118 cm³/mol. The highest BCUT2D eigenvalue weighted by molar-refractivity contribution is 5.74. The van der Waals surface area contributed by atoms with Crippen LogP contribution in [-0.4, -0.2) is 23.1 Å². The zero-order chi connectivity index (χ0) is 19.0. The first-order valence-electron chi connectivity index (χ1n) is 11.5. The van der Waals surface area contributed by atoms with Crippen LogP contribution < -0.4 is 5.32 Å². The Labute approximate surface area is 166 Å². The number of aromatic nitrogens is 2. The second kappa shape index (κ2) is 14.7. The van der Waals surface area contributed by atoms with E-state index in [9.17, 15) is 0 Å². The molecule has 0 saturated carbocycles. The summed E-state index contributed by atoms with van der Waals surface area (Å²) in [4.78, 5) is 8.07. The number of hydrogen-bond donors (Lipinski definition) is 2. The molecule has 0 atom stereocenters. The van der Waals surface area contributed by atoms with E-state index in [2.05, 4.69) is 40.4 Å². The van der Waals surface area contributed by atoms with Gasteiger partial charge in [0.2, 0.25) is 0 Å². The van der Waals surface area contributed by atoms with Gasteiger partial charge < -0.3 is 10.3 Å². The Balaban J connectivity index is 1.32. The summed E-state index contributed by atoms with van der Waals surface area (Å²) < 4.78 is 0. The van der Waals surface area contributed by atoms with E-state index in [0.717, 1.165) is 29.8 Å². The van der Waals surface area contributed by atoms with Gasteiger partial charge in [0.25, 0.3) is 0 Å². The lowest BCUT2D eigenvalue weighted by molar-refractivity contribution is 0.535. The third-order valence-corrected chi connectivity index (χ3v) is 5.41. The van der Waals surface area contributed by atoms with Gasteiger partial charge in [-0.25, -0.2) is 4.98 Å². The average molecular weight is 372 g/mol. The number of unbranched alkanes of at least 4 members (excludes halogenated alkanes) is 11. The Hall–Kier alpha value is -1.35. The minimum Gasteiger partial charge on any atom is -0.342 e. The van der Waals surface area contributed by atoms with E-state index in [-0.39, 0.29) is 0 Å². The Morgan fingerprint density at radius 1 is 0.741 bits per heavy atom. The molecule has 2 rings (SSSR count). The minimum atomic E-state index is 1.06. The number of para-hydroxylation sites is 2. The lowest BCUT2D eigenvalue weighted by Gasteiger charge is -2.05. The summed E-state index contributed by atoms with van der Waals surface area (Å²) in [5.74, 6) is 1.13. The van der Waals surface area contributed by atoms with Crippen molar-refractivity contribution in [3.63, 3.8) is 0 Å². The van der Waals surface area contributed by atoms with Gasteiger partial charge in [-0.1, -0.05) is 83.3 Å². The normalized spacial score (nSPS) is 11.4. The number of imidazole rings is 1. The summed E-state index contributed by atoms with van der Waals surface area (Å²) in [6, 6.07) is 8.29. The van der Waals surface area contributed by atoms with Crippen molar-refractivity contribution < 1.29 is 0 Å². The van der Waals surface area contributed by atoms with E-state index in [1.165, 1.54) is 90.0 Å². The third kappa shape index (κ3) is 9.95. The number of benzene rings is 1. The number of H-pyrrole nitrogens is 1. The van der Waals surface area contributed by atoms with Crippen LogP contribution >= 0.6 is 0 Å². The van der Waals surface area contributed by atoms with Crippen LogP contribution in [0.2, 0.25) is 0 Å². The zero-order valence-electron chi connectivity index (χ0n) is 17.6. The molecule has 2 N–H and O–H groups in total. The number of aryl methyl sites for hydroxylation is 1. The second-order valence-corrected chi connectivity index (χ2v) is 7.94. The molecule has 0 saturated heterocycles. The quantitative estimate of drug-likeness (QED) is 0.301. The summed E-state index contributed by atoms with van der Waals surface area (Å²) in [6.07, 6.45) is 19.0. The van der Waals surface area contributed by atoms with Crippen LogP contribution in [0.25, 0.3) is 11.0 Å². The summed E-state index contributed by atoms with van der Waals surface area (Å²) >= 11 is 0. The van der Waals surface area contributed by atoms with Gasteiger partial charge in [-0.3, -0.25) is 0 Å². The largest absolute Gasteiger partial charge is 0.342 e. The Kier molecular flexibility index (Phi) is 11.9. The maximum absolute atomic E-state index is 4.65. The van der Waals surface area contributed by atoms with Gasteiger partial charge in [0.05, 0.1) is 11.0 Å². The first-order chi connectivity index (χ1) is 13.4. The summed E-state index contributed by atoms with van der Waals surface area (Å²) in [7, 11) is 0. The SMILES string of the molecule is CCCCCCCCCCCCNCCCCCc1nc2ccccc2[nH]1. The molecular formula is C24H41N3. The lowest BCUT2D eigenvalue weighted by Crippen LogP contribution is -2.16. The average Bonchev–Trinajstić information content (AvgIpc) is 3.10. The number of rotatable bonds is 17. The van der Waals surface area contributed by atoms with Crippen LogP contribution in [0.1, 0.15) is 96.2 Å². The topological polar surface area (TPSA) is 40.7 Å². The van der Waals surface area contributed by atoms with E-state index in [1.54, 1.807) is 0 Å². The second-order valence-electron chi connectivity index (χ2n) is 7.94. The number of hydrogen-bond acceptors (Lipinski definition) is 2. The molecule has 0 amide bonds. The van der Waals surface area contributed by atoms with E-state index < -0.39 is 0 Å². The van der Waals surface area contributed by atoms with Gasteiger partial charge >= 0.3 is 0 Å². The lowest BCUT2D eigenvalue weighted by atomic mass is 10.1. The van der Waals surface area contributed by atoms with Crippen LogP contribution in [0.4, 0.5) is 0 Å². The van der Waals surface area contributed by atoms with Crippen LogP contribution in [-0.2, 0) is 6.42 Å². The molecule has 0 spiro atoms. The van der Waals surface area contributed by atoms with Crippen molar-refractivity contribution in [2.24, 2.45) is 0 Å². The van der Waals surface area contributed by atoms with Crippen molar-refractivity contribution in [1.82, 2.24) is 15.3 Å². The maximum Gasteiger partial charge on any atom is 0.107 e. The first-order valence-corrected chi connectivity index (χ1v) is 11.5. The molecule has 0 unspecified atom stereocenters. The summed E-state index contributed by atoms with van der Waals surface area (Å²) in [6.45, 7) is 4.65. The smallest absolute Gasteiger partial charge is 0.107 e. The number of nitrogens with zero attached hydrogens (tertiary/aromatic N) is 1. The van der Waals surface area contributed by atoms with Crippen molar-refractivity contribution in [3.8, 4) is 0 Å². The molecule has 2 aromatic rings. The van der Waals surface area contributed by atoms with Crippen LogP contribution in [0.15, 0.2) is 24.3 Å². The van der Waals surface area contributed by atoms with Gasteiger partial charge in [-0.05, 0) is 44.5 Å². The molecule has 0 aliphatic carbocycles. The molecular weight excluding hydrogens is 330 g/mol. The minimum absolute atomic E-state index is 1.06. The molecule has 0 aliphatic heterocycles. The van der Waals surface area contributed by atoms with E-state index in [4.69, 9.17) is 0 Å². The molecule has 3 heteroatoms. The molecule has 1 heterocycles. The maximum atomic E-state index is 4.65. The summed E-state index contributed by atoms with van der Waals surface area (Å²) in [5.41, 5.74) is 2.25. The van der Waals surface area contributed by atoms with Crippen molar-refractivity contribution in [1.29, 1.82) is 0 Å². The third-order valence-electron chi connectivity index (χ3n) is 5.41. The van der Waals surface area contributed by atoms with Crippen molar-refractivity contribution >= 4 is 11.0 Å². The van der Waals surface area contributed by atoms with E-state index >= 15 is 0 Å². The van der Waals surface area contributed by atoms with Gasteiger partial charge in [0.1, 0.15) is 5.82 Å². The van der Waals surface area contributed by atoms with Crippen LogP contribution in [0.5, 0.6) is 0 Å². The zero-order valence-corrected chi connectivity index (χ0v) is 17.6. The number of nitrogens with one attached hydrogen (secondary N) is 2. The molecule has 0 fully saturated rings. The Morgan fingerprint density at radius 3 is 2.00 bits per heavy atom. The Bertz CT molecular complexity index is 557. The molecule has 1 aromatic carbocycles. The molecule has 0 radical (unpaired) electrons. The van der Waals surface area contributed by atoms with E-state index in [1.807, 2.05) is 6.07 Å². The molecule has 0 bridgehead atoms. The van der Waals surface area contributed by atoms with Crippen LogP contribution in [0.3, 0.4) is 0 Å². The van der Waals surface area contributed by atoms with Gasteiger partial charge in [0.15, 0.2) is 0 Å². The fourth-order valence-electron chi connectivity index (χ4n) is 3.71. The van der Waals surface area contributed by atoms with Gasteiger partial charge in [-0.2, -0.15) is 0 Å². The van der Waals surface area contributed by atoms with Gasteiger partial charge in [0, 0.05) is 6.42 Å². The molecule has 152 valence electrons. The van der Waals surface area contributed by atoms with Crippen molar-refractivity contribution in [2.75, 3.05) is 13.1 Å². The van der Waals surface area contributed by atoms with E-state index in [0.29, 0.717) is 0 Å². The predicted octanol–water partition coefficient (Wildman–Crippen LogP) is 6.79. The van der Waals surface area contributed by atoms with Crippen LogP contribution in [0, 0.1) is 0 Å². The monoisotopic (exact) mass is 371 g/mol. The van der Waals surface area contributed by atoms with Gasteiger partial charge in [-0.15, -0.1) is 0 Å². The van der Waals surface area contributed by atoms with Crippen molar-refractivity contribution in [2.45, 2.75) is 96.8 Å². The summed E-state index contributed by atoms with van der Waals surface area (Å²) in [5, 5.41) is 3.61. The highest BCUT2D eigenvalue weighted by Crippen LogP contribution is 2.12. The molecule has 1 aromatic heterocycles. The highest BCUT2D eigenvalue weighted by Gasteiger charge is 2.01. The fraction of sp³-hybridized carbons (Fsp3) is 0.708. The highest BCUT2D eigenvalue weighted by atomic mass is 14.9. The Morgan fingerprint density at radius 2 is 1.33 bits per heavy atom.